The van der Waals surface area contributed by atoms with Crippen LogP contribution >= 0.6 is 0 Å². The number of aliphatic hydroxyl groups excluding tert-OH is 2. The molecule has 0 rings (SSSR count). The van der Waals surface area contributed by atoms with E-state index in [1.54, 1.807) is 0 Å². The zero-order chi connectivity index (χ0) is 52.9. The van der Waals surface area contributed by atoms with Gasteiger partial charge in [-0.25, -0.2) is 0 Å². The quantitative estimate of drug-likeness (QED) is 0.0320. The number of hydrogen-bond donors (Lipinski definition) is 3. The molecule has 6 heteroatoms. The number of unbranched alkanes of at least 4 members (excludes halogenated alkanes) is 47. The highest BCUT2D eigenvalue weighted by molar-refractivity contribution is 5.76. The van der Waals surface area contributed by atoms with Gasteiger partial charge in [0.15, 0.2) is 0 Å². The fourth-order valence-corrected chi connectivity index (χ4v) is 10.4. The van der Waals surface area contributed by atoms with Gasteiger partial charge in [0.25, 0.3) is 0 Å². The van der Waals surface area contributed by atoms with Crippen molar-refractivity contribution in [2.24, 2.45) is 0 Å². The van der Waals surface area contributed by atoms with Crippen molar-refractivity contribution in [3.05, 3.63) is 24.3 Å². The van der Waals surface area contributed by atoms with Crippen LogP contribution in [-0.2, 0) is 14.3 Å². The number of hydrogen-bond acceptors (Lipinski definition) is 5. The van der Waals surface area contributed by atoms with E-state index in [9.17, 15) is 19.8 Å². The van der Waals surface area contributed by atoms with Crippen LogP contribution < -0.4 is 5.32 Å². The molecule has 0 radical (unpaired) electrons. The lowest BCUT2D eigenvalue weighted by molar-refractivity contribution is -0.143. The summed E-state index contributed by atoms with van der Waals surface area (Å²) in [4.78, 5) is 24.6. The van der Waals surface area contributed by atoms with E-state index in [2.05, 4.69) is 43.5 Å². The van der Waals surface area contributed by atoms with Gasteiger partial charge in [-0.05, 0) is 57.8 Å². The van der Waals surface area contributed by atoms with Crippen molar-refractivity contribution < 1.29 is 24.5 Å². The van der Waals surface area contributed by atoms with Crippen molar-refractivity contribution >= 4 is 11.9 Å². The second-order valence-corrected chi connectivity index (χ2v) is 22.8. The van der Waals surface area contributed by atoms with Gasteiger partial charge in [-0.2, -0.15) is 0 Å². The van der Waals surface area contributed by atoms with E-state index in [1.807, 2.05) is 0 Å². The first-order valence-corrected chi connectivity index (χ1v) is 33.1. The minimum absolute atomic E-state index is 0.00304. The molecule has 2 atom stereocenters. The molecule has 1 amide bonds. The van der Waals surface area contributed by atoms with Crippen LogP contribution in [0.5, 0.6) is 0 Å². The molecule has 0 aliphatic rings. The minimum atomic E-state index is -0.670. The van der Waals surface area contributed by atoms with Gasteiger partial charge < -0.3 is 20.3 Å². The van der Waals surface area contributed by atoms with Crippen molar-refractivity contribution in [3.63, 3.8) is 0 Å². The van der Waals surface area contributed by atoms with Gasteiger partial charge in [0, 0.05) is 12.8 Å². The summed E-state index contributed by atoms with van der Waals surface area (Å²) < 4.78 is 5.49. The van der Waals surface area contributed by atoms with Crippen molar-refractivity contribution in [1.29, 1.82) is 0 Å². The van der Waals surface area contributed by atoms with Crippen LogP contribution in [0.1, 0.15) is 367 Å². The van der Waals surface area contributed by atoms with E-state index >= 15 is 0 Å². The van der Waals surface area contributed by atoms with Crippen molar-refractivity contribution in [1.82, 2.24) is 5.32 Å². The van der Waals surface area contributed by atoms with Crippen molar-refractivity contribution in [2.45, 2.75) is 379 Å². The van der Waals surface area contributed by atoms with E-state index < -0.39 is 12.1 Å². The summed E-state index contributed by atoms with van der Waals surface area (Å²) in [5.41, 5.74) is 0. The van der Waals surface area contributed by atoms with Crippen LogP contribution in [0.4, 0.5) is 0 Å². The lowest BCUT2D eigenvalue weighted by Crippen LogP contribution is -2.45. The number of carbonyl (C=O) groups excluding carboxylic acids is 2. The summed E-state index contributed by atoms with van der Waals surface area (Å²) >= 11 is 0. The molecule has 0 heterocycles. The number of carbonyl (C=O) groups is 2. The molecule has 0 aromatic rings. The number of allylic oxidation sites excluding steroid dienone is 4. The van der Waals surface area contributed by atoms with Crippen LogP contribution in [0.2, 0.25) is 0 Å². The summed E-state index contributed by atoms with van der Waals surface area (Å²) in [5.74, 6) is -0.0411. The highest BCUT2D eigenvalue weighted by atomic mass is 16.5. The van der Waals surface area contributed by atoms with E-state index in [0.29, 0.717) is 25.9 Å². The maximum Gasteiger partial charge on any atom is 0.305 e. The predicted molar refractivity (Wildman–Crippen MR) is 320 cm³/mol. The second kappa shape index (κ2) is 62.9. The molecule has 0 aliphatic heterocycles. The molecular weight excluding hydrogens is 899 g/mol. The largest absolute Gasteiger partial charge is 0.466 e. The SMILES string of the molecule is CCCCCC/C=C\C/C=C\CCCCCCCCCC(=O)OCCCCCCCCCCCCCCCCCCC(=O)NC(CO)C(O)CCCCCCCCCCCCCCCCCCCCCCCC. The van der Waals surface area contributed by atoms with Gasteiger partial charge in [0.05, 0.1) is 25.4 Å². The summed E-state index contributed by atoms with van der Waals surface area (Å²) in [6.07, 6.45) is 77.6. The van der Waals surface area contributed by atoms with Crippen LogP contribution in [0.25, 0.3) is 0 Å². The average molecular weight is 1030 g/mol. The van der Waals surface area contributed by atoms with Crippen LogP contribution in [0, 0.1) is 0 Å². The highest BCUT2D eigenvalue weighted by Gasteiger charge is 2.20. The first-order chi connectivity index (χ1) is 36.0. The van der Waals surface area contributed by atoms with Gasteiger partial charge in [-0.3, -0.25) is 9.59 Å². The third-order valence-electron chi connectivity index (χ3n) is 15.5. The van der Waals surface area contributed by atoms with Gasteiger partial charge in [-0.1, -0.05) is 321 Å². The monoisotopic (exact) mass is 1030 g/mol. The average Bonchev–Trinajstić information content (AvgIpc) is 3.39. The van der Waals surface area contributed by atoms with Gasteiger partial charge in [0.2, 0.25) is 5.91 Å². The molecule has 0 saturated heterocycles. The number of esters is 1. The minimum Gasteiger partial charge on any atom is -0.466 e. The predicted octanol–water partition coefficient (Wildman–Crippen LogP) is 21.0. The fraction of sp³-hybridized carbons (Fsp3) is 0.910. The molecule has 6 nitrogen and oxygen atoms in total. The Morgan fingerprint density at radius 2 is 0.685 bits per heavy atom. The van der Waals surface area contributed by atoms with Crippen molar-refractivity contribution in [2.75, 3.05) is 13.2 Å². The Balaban J connectivity index is 3.41. The Kier molecular flexibility index (Phi) is 61.4. The Labute approximate surface area is 456 Å². The lowest BCUT2D eigenvalue weighted by atomic mass is 10.0. The summed E-state index contributed by atoms with van der Waals surface area (Å²) in [6, 6.07) is -0.548. The summed E-state index contributed by atoms with van der Waals surface area (Å²) in [5, 5.41) is 23.4. The maximum absolute atomic E-state index is 12.5. The standard InChI is InChI=1S/C67H129NO5/c1-3-5-7-9-11-13-15-17-19-21-23-24-25-26-27-31-35-39-43-47-51-55-59-65(70)64(63-69)68-66(71)60-56-52-48-44-40-36-32-29-30-34-38-42-46-50-54-58-62-73-67(72)61-57-53-49-45-41-37-33-28-22-20-18-16-14-12-10-8-6-4-2/h14,16,20,22,64-65,69-70H,3-13,15,17-19,21,23-63H2,1-2H3,(H,68,71)/b16-14-,22-20-. The highest BCUT2D eigenvalue weighted by Crippen LogP contribution is 2.18. The molecule has 0 bridgehead atoms. The zero-order valence-corrected chi connectivity index (χ0v) is 49.4. The molecule has 0 saturated carbocycles. The summed E-state index contributed by atoms with van der Waals surface area (Å²) in [6.45, 7) is 4.95. The fourth-order valence-electron chi connectivity index (χ4n) is 10.4. The zero-order valence-electron chi connectivity index (χ0n) is 49.4. The maximum atomic E-state index is 12.5. The molecule has 2 unspecified atom stereocenters. The Hall–Kier alpha value is -1.66. The van der Waals surface area contributed by atoms with Gasteiger partial charge in [0.1, 0.15) is 0 Å². The first-order valence-electron chi connectivity index (χ1n) is 33.1. The van der Waals surface area contributed by atoms with Crippen molar-refractivity contribution in [3.8, 4) is 0 Å². The first kappa shape index (κ1) is 71.3. The van der Waals surface area contributed by atoms with Crippen LogP contribution in [0.15, 0.2) is 24.3 Å². The second-order valence-electron chi connectivity index (χ2n) is 22.8. The molecule has 0 fully saturated rings. The van der Waals surface area contributed by atoms with Gasteiger partial charge in [-0.15, -0.1) is 0 Å². The molecule has 0 aromatic heterocycles. The normalized spacial score (nSPS) is 12.7. The molecule has 0 spiro atoms. The third-order valence-corrected chi connectivity index (χ3v) is 15.5. The van der Waals surface area contributed by atoms with E-state index in [4.69, 9.17) is 4.74 Å². The Bertz CT molecular complexity index is 1140. The summed E-state index contributed by atoms with van der Waals surface area (Å²) in [7, 11) is 0. The smallest absolute Gasteiger partial charge is 0.305 e. The lowest BCUT2D eigenvalue weighted by Gasteiger charge is -2.22. The number of aliphatic hydroxyl groups is 2. The molecule has 432 valence electrons. The Morgan fingerprint density at radius 1 is 0.384 bits per heavy atom. The topological polar surface area (TPSA) is 95.9 Å². The van der Waals surface area contributed by atoms with E-state index in [0.717, 1.165) is 51.4 Å². The molecule has 3 N–H and O–H groups in total. The van der Waals surface area contributed by atoms with Crippen LogP contribution in [-0.4, -0.2) is 47.4 Å². The molecular formula is C67H129NO5. The molecule has 73 heavy (non-hydrogen) atoms. The molecule has 0 aromatic carbocycles. The van der Waals surface area contributed by atoms with Gasteiger partial charge >= 0.3 is 5.97 Å². The van der Waals surface area contributed by atoms with E-state index in [1.165, 1.54) is 283 Å². The number of nitrogens with one attached hydrogen (secondary N) is 1. The van der Waals surface area contributed by atoms with Crippen LogP contribution in [0.3, 0.4) is 0 Å². The number of ether oxygens (including phenoxy) is 1. The Morgan fingerprint density at radius 3 is 1.05 bits per heavy atom. The number of amides is 1. The number of rotatable bonds is 62. The molecule has 0 aliphatic carbocycles. The third kappa shape index (κ3) is 59.4. The van der Waals surface area contributed by atoms with E-state index in [-0.39, 0.29) is 18.5 Å².